The highest BCUT2D eigenvalue weighted by molar-refractivity contribution is 7.71. The first kappa shape index (κ1) is 21.5. The summed E-state index contributed by atoms with van der Waals surface area (Å²) in [6.07, 6.45) is 4.40. The predicted molar refractivity (Wildman–Crippen MR) is 134 cm³/mol. The largest absolute Gasteiger partial charge is 0.352 e. The maximum Gasteiger partial charge on any atom is 0.266 e. The Hall–Kier alpha value is -4.30. The number of nitrogens with one attached hydrogen (secondary N) is 2. The molecule has 5 rings (SSSR count). The van der Waals surface area contributed by atoms with Crippen molar-refractivity contribution in [2.75, 3.05) is 6.54 Å². The average molecular weight is 468 g/mol. The number of para-hydroxylation sites is 2. The third kappa shape index (κ3) is 4.31. The summed E-state index contributed by atoms with van der Waals surface area (Å²) in [5.74, 6) is -0.219. The zero-order valence-electron chi connectivity index (χ0n) is 18.1. The summed E-state index contributed by atoms with van der Waals surface area (Å²) in [5.41, 5.74) is 3.44. The highest BCUT2D eigenvalue weighted by atomic mass is 32.1. The molecule has 0 unspecified atom stereocenters. The molecule has 0 fully saturated rings. The van der Waals surface area contributed by atoms with Crippen molar-refractivity contribution in [1.82, 2.24) is 24.6 Å². The molecule has 5 aromatic rings. The molecule has 0 bridgehead atoms. The van der Waals surface area contributed by atoms with E-state index in [1.807, 2.05) is 71.5 Å². The van der Waals surface area contributed by atoms with Gasteiger partial charge in [0.05, 0.1) is 28.5 Å². The molecule has 34 heavy (non-hydrogen) atoms. The Kier molecular flexibility index (Phi) is 5.88. The Morgan fingerprint density at radius 2 is 1.68 bits per heavy atom. The van der Waals surface area contributed by atoms with Crippen LogP contribution in [0.25, 0.3) is 22.3 Å². The second-order valence-electron chi connectivity index (χ2n) is 7.80. The molecule has 0 spiro atoms. The van der Waals surface area contributed by atoms with Gasteiger partial charge in [-0.25, -0.2) is 4.68 Å². The second-order valence-corrected chi connectivity index (χ2v) is 8.19. The van der Waals surface area contributed by atoms with Crippen LogP contribution in [0.5, 0.6) is 0 Å². The van der Waals surface area contributed by atoms with E-state index >= 15 is 0 Å². The van der Waals surface area contributed by atoms with Crippen LogP contribution < -0.4 is 10.9 Å². The topological polar surface area (TPSA) is 84.7 Å². The number of carbonyl (C=O) groups is 1. The summed E-state index contributed by atoms with van der Waals surface area (Å²) < 4.78 is 3.54. The lowest BCUT2D eigenvalue weighted by molar-refractivity contribution is 0.0954. The van der Waals surface area contributed by atoms with Gasteiger partial charge in [-0.1, -0.05) is 36.4 Å². The molecule has 2 N–H and O–H groups in total. The summed E-state index contributed by atoms with van der Waals surface area (Å²) in [4.78, 5) is 28.8. The van der Waals surface area contributed by atoms with E-state index in [0.29, 0.717) is 35.1 Å². The van der Waals surface area contributed by atoms with Gasteiger partial charge < -0.3 is 10.3 Å². The molecule has 0 aliphatic carbocycles. The number of rotatable bonds is 6. The number of fused-ring (bicyclic) bond motifs is 1. The number of hydrogen-bond acceptors (Lipinski definition) is 4. The normalized spacial score (nSPS) is 10.9. The minimum absolute atomic E-state index is 0.219. The van der Waals surface area contributed by atoms with Crippen LogP contribution in [0.3, 0.4) is 0 Å². The third-order valence-corrected chi connectivity index (χ3v) is 5.82. The SMILES string of the molecule is O=C(NCCc1cnn(-c2ccccc2)c1)c1ccc2c(=O)n(-c3ccccc3)c(=S)[nH]c2c1. The molecule has 3 aromatic carbocycles. The van der Waals surface area contributed by atoms with Crippen LogP contribution in [0, 0.1) is 4.77 Å². The summed E-state index contributed by atoms with van der Waals surface area (Å²) in [5, 5.41) is 7.77. The van der Waals surface area contributed by atoms with Crippen molar-refractivity contribution in [1.29, 1.82) is 0 Å². The number of H-pyrrole nitrogens is 1. The molecule has 7 nitrogen and oxygen atoms in total. The summed E-state index contributed by atoms with van der Waals surface area (Å²) in [6, 6.07) is 24.0. The van der Waals surface area contributed by atoms with E-state index in [9.17, 15) is 9.59 Å². The van der Waals surface area contributed by atoms with Gasteiger partial charge in [-0.05, 0) is 66.7 Å². The van der Waals surface area contributed by atoms with Crippen molar-refractivity contribution in [3.05, 3.63) is 118 Å². The minimum atomic E-state index is -0.229. The number of nitrogens with zero attached hydrogens (tertiary/aromatic N) is 3. The summed E-state index contributed by atoms with van der Waals surface area (Å²) in [6.45, 7) is 0.461. The maximum absolute atomic E-state index is 13.0. The quantitative estimate of drug-likeness (QED) is 0.367. The molecule has 0 saturated carbocycles. The highest BCUT2D eigenvalue weighted by Crippen LogP contribution is 2.14. The molecule has 0 aliphatic rings. The maximum atomic E-state index is 13.0. The van der Waals surface area contributed by atoms with Crippen LogP contribution >= 0.6 is 12.2 Å². The van der Waals surface area contributed by atoms with E-state index in [2.05, 4.69) is 15.4 Å². The number of amides is 1. The van der Waals surface area contributed by atoms with Crippen LogP contribution in [0.2, 0.25) is 0 Å². The van der Waals surface area contributed by atoms with Crippen LogP contribution in [0.15, 0.2) is 96.1 Å². The van der Waals surface area contributed by atoms with Crippen LogP contribution in [0.4, 0.5) is 0 Å². The van der Waals surface area contributed by atoms with Gasteiger partial charge in [0.15, 0.2) is 4.77 Å². The van der Waals surface area contributed by atoms with Crippen molar-refractivity contribution in [2.24, 2.45) is 0 Å². The Labute approximate surface area is 200 Å². The van der Waals surface area contributed by atoms with Gasteiger partial charge in [0.1, 0.15) is 0 Å². The van der Waals surface area contributed by atoms with Gasteiger partial charge in [0.2, 0.25) is 0 Å². The van der Waals surface area contributed by atoms with Gasteiger partial charge >= 0.3 is 0 Å². The molecule has 0 saturated heterocycles. The lowest BCUT2D eigenvalue weighted by Gasteiger charge is -2.09. The van der Waals surface area contributed by atoms with E-state index in [-0.39, 0.29) is 16.2 Å². The predicted octanol–water partition coefficient (Wildman–Crippen LogP) is 4.21. The smallest absolute Gasteiger partial charge is 0.266 e. The third-order valence-electron chi connectivity index (χ3n) is 5.53. The highest BCUT2D eigenvalue weighted by Gasteiger charge is 2.11. The molecular weight excluding hydrogens is 446 g/mol. The number of aromatic amines is 1. The van der Waals surface area contributed by atoms with Crippen molar-refractivity contribution in [3.8, 4) is 11.4 Å². The minimum Gasteiger partial charge on any atom is -0.352 e. The molecule has 2 aromatic heterocycles. The Morgan fingerprint density at radius 3 is 2.41 bits per heavy atom. The van der Waals surface area contributed by atoms with Crippen molar-refractivity contribution in [2.45, 2.75) is 6.42 Å². The molecule has 0 atom stereocenters. The second kappa shape index (κ2) is 9.29. The standard InChI is InChI=1S/C26H21N5O2S/c32-24(27-14-13-18-16-28-30(17-18)20-7-3-1-4-8-20)19-11-12-22-23(15-19)29-26(34)31(25(22)33)21-9-5-2-6-10-21/h1-12,15-17H,13-14H2,(H,27,32)(H,29,34). The number of carbonyl (C=O) groups excluding carboxylic acids is 1. The zero-order chi connectivity index (χ0) is 23.5. The zero-order valence-corrected chi connectivity index (χ0v) is 19.0. The van der Waals surface area contributed by atoms with Gasteiger partial charge in [0, 0.05) is 18.3 Å². The van der Waals surface area contributed by atoms with Crippen molar-refractivity contribution >= 4 is 29.0 Å². The monoisotopic (exact) mass is 467 g/mol. The molecule has 8 heteroatoms. The molecule has 2 heterocycles. The first-order valence-electron chi connectivity index (χ1n) is 10.8. The van der Waals surface area contributed by atoms with Gasteiger partial charge in [-0.15, -0.1) is 0 Å². The fourth-order valence-corrected chi connectivity index (χ4v) is 4.10. The first-order valence-corrected chi connectivity index (χ1v) is 11.2. The van der Waals surface area contributed by atoms with Crippen LogP contribution in [-0.4, -0.2) is 31.8 Å². The molecular formula is C26H21N5O2S. The van der Waals surface area contributed by atoms with Crippen molar-refractivity contribution in [3.63, 3.8) is 0 Å². The van der Waals surface area contributed by atoms with Gasteiger partial charge in [0.25, 0.3) is 11.5 Å². The Morgan fingerprint density at radius 1 is 0.971 bits per heavy atom. The van der Waals surface area contributed by atoms with Gasteiger partial charge in [-0.2, -0.15) is 5.10 Å². The fraction of sp³-hybridized carbons (Fsp3) is 0.0769. The lowest BCUT2D eigenvalue weighted by Crippen LogP contribution is -2.26. The summed E-state index contributed by atoms with van der Waals surface area (Å²) in [7, 11) is 0. The van der Waals surface area contributed by atoms with E-state index in [1.165, 1.54) is 4.57 Å². The Bertz CT molecular complexity index is 1590. The number of benzene rings is 3. The molecule has 168 valence electrons. The van der Waals surface area contributed by atoms with Crippen molar-refractivity contribution < 1.29 is 4.79 Å². The van der Waals surface area contributed by atoms with Crippen LogP contribution in [0.1, 0.15) is 15.9 Å². The Balaban J connectivity index is 1.30. The van der Waals surface area contributed by atoms with E-state index in [0.717, 1.165) is 11.3 Å². The molecule has 0 radical (unpaired) electrons. The lowest BCUT2D eigenvalue weighted by atomic mass is 10.1. The summed E-state index contributed by atoms with van der Waals surface area (Å²) >= 11 is 5.42. The number of hydrogen-bond donors (Lipinski definition) is 2. The first-order chi connectivity index (χ1) is 16.6. The van der Waals surface area contributed by atoms with E-state index in [4.69, 9.17) is 12.2 Å². The van der Waals surface area contributed by atoms with E-state index in [1.54, 1.807) is 24.4 Å². The fourth-order valence-electron chi connectivity index (χ4n) is 3.80. The van der Waals surface area contributed by atoms with E-state index < -0.39 is 0 Å². The number of aromatic nitrogens is 4. The van der Waals surface area contributed by atoms with Gasteiger partial charge in [-0.3, -0.25) is 14.2 Å². The molecule has 0 aliphatic heterocycles. The molecule has 1 amide bonds. The average Bonchev–Trinajstić information content (AvgIpc) is 3.34. The van der Waals surface area contributed by atoms with Crippen LogP contribution in [-0.2, 0) is 6.42 Å².